The number of carbonyl (C=O) groups excluding carboxylic acids is 1. The third-order valence-corrected chi connectivity index (χ3v) is 2.88. The molecule has 1 atom stereocenters. The smallest absolute Gasteiger partial charge is 0.222 e. The highest BCUT2D eigenvalue weighted by molar-refractivity contribution is 5.76. The molecule has 1 aliphatic carbocycles. The molecule has 2 N–H and O–H groups in total. The average molecular weight is 198 g/mol. The van der Waals surface area contributed by atoms with Crippen LogP contribution in [0.15, 0.2) is 0 Å². The summed E-state index contributed by atoms with van der Waals surface area (Å²) in [6, 6.07) is 0.279. The maximum absolute atomic E-state index is 11.8. The van der Waals surface area contributed by atoms with Crippen molar-refractivity contribution in [3.8, 4) is 0 Å². The molecular weight excluding hydrogens is 176 g/mol. The molecule has 0 aromatic rings. The van der Waals surface area contributed by atoms with Crippen molar-refractivity contribution in [2.75, 3.05) is 13.6 Å². The fraction of sp³-hybridized carbons (Fsp3) is 0.909. The van der Waals surface area contributed by atoms with Gasteiger partial charge in [0.05, 0.1) is 0 Å². The summed E-state index contributed by atoms with van der Waals surface area (Å²) >= 11 is 0. The summed E-state index contributed by atoms with van der Waals surface area (Å²) < 4.78 is 0. The van der Waals surface area contributed by atoms with Gasteiger partial charge in [-0.1, -0.05) is 13.8 Å². The Morgan fingerprint density at radius 3 is 2.43 bits per heavy atom. The summed E-state index contributed by atoms with van der Waals surface area (Å²) in [6.45, 7) is 4.74. The molecule has 1 rings (SSSR count). The molecule has 0 aromatic heterocycles. The van der Waals surface area contributed by atoms with Gasteiger partial charge in [0.2, 0.25) is 5.91 Å². The van der Waals surface area contributed by atoms with Crippen molar-refractivity contribution in [3.05, 3.63) is 0 Å². The lowest BCUT2D eigenvalue weighted by atomic mass is 10.1. The van der Waals surface area contributed by atoms with E-state index in [1.807, 2.05) is 11.9 Å². The molecule has 0 bridgehead atoms. The van der Waals surface area contributed by atoms with Gasteiger partial charge in [0.1, 0.15) is 0 Å². The van der Waals surface area contributed by atoms with Crippen LogP contribution in [0, 0.1) is 11.8 Å². The van der Waals surface area contributed by atoms with Crippen molar-refractivity contribution < 1.29 is 4.79 Å². The molecule has 3 heteroatoms. The Bertz CT molecular complexity index is 199. The molecule has 0 heterocycles. The van der Waals surface area contributed by atoms with Crippen LogP contribution < -0.4 is 5.73 Å². The van der Waals surface area contributed by atoms with E-state index < -0.39 is 0 Å². The zero-order valence-corrected chi connectivity index (χ0v) is 9.49. The van der Waals surface area contributed by atoms with Crippen LogP contribution in [0.5, 0.6) is 0 Å². The summed E-state index contributed by atoms with van der Waals surface area (Å²) in [5, 5.41) is 0. The summed E-state index contributed by atoms with van der Waals surface area (Å²) in [4.78, 5) is 13.6. The van der Waals surface area contributed by atoms with Gasteiger partial charge in [-0.3, -0.25) is 4.79 Å². The first-order chi connectivity index (χ1) is 6.56. The highest BCUT2D eigenvalue weighted by Gasteiger charge is 2.34. The maximum atomic E-state index is 11.8. The largest absolute Gasteiger partial charge is 0.341 e. The van der Waals surface area contributed by atoms with Crippen molar-refractivity contribution in [1.29, 1.82) is 0 Å². The second kappa shape index (κ2) is 4.78. The van der Waals surface area contributed by atoms with Crippen LogP contribution >= 0.6 is 0 Å². The normalized spacial score (nSPS) is 18.4. The summed E-state index contributed by atoms with van der Waals surface area (Å²) in [5.41, 5.74) is 5.69. The molecule has 14 heavy (non-hydrogen) atoms. The van der Waals surface area contributed by atoms with Gasteiger partial charge in [0, 0.05) is 26.1 Å². The van der Waals surface area contributed by atoms with Gasteiger partial charge in [0.15, 0.2) is 0 Å². The van der Waals surface area contributed by atoms with Crippen LogP contribution in [0.25, 0.3) is 0 Å². The predicted molar refractivity (Wildman–Crippen MR) is 57.8 cm³/mol. The molecule has 1 fully saturated rings. The number of carbonyl (C=O) groups is 1. The highest BCUT2D eigenvalue weighted by Crippen LogP contribution is 2.34. The fourth-order valence-corrected chi connectivity index (χ4v) is 1.83. The van der Waals surface area contributed by atoms with E-state index in [1.165, 1.54) is 12.8 Å². The zero-order valence-electron chi connectivity index (χ0n) is 9.49. The monoisotopic (exact) mass is 198 g/mol. The predicted octanol–water partition coefficient (Wildman–Crippen LogP) is 1.23. The third kappa shape index (κ3) is 2.98. The summed E-state index contributed by atoms with van der Waals surface area (Å²) in [5.74, 6) is 1.34. The van der Waals surface area contributed by atoms with Gasteiger partial charge >= 0.3 is 0 Å². The van der Waals surface area contributed by atoms with Gasteiger partial charge in [-0.15, -0.1) is 0 Å². The maximum Gasteiger partial charge on any atom is 0.222 e. The first kappa shape index (κ1) is 11.5. The number of likely N-dealkylation sites (N-methyl/N-ethyl adjacent to an activating group) is 1. The van der Waals surface area contributed by atoms with Crippen molar-refractivity contribution in [1.82, 2.24) is 4.90 Å². The quantitative estimate of drug-likeness (QED) is 0.722. The van der Waals surface area contributed by atoms with Gasteiger partial charge in [-0.2, -0.15) is 0 Å². The number of nitrogens with two attached hydrogens (primary N) is 1. The lowest BCUT2D eigenvalue weighted by Gasteiger charge is -2.27. The first-order valence-corrected chi connectivity index (χ1v) is 5.52. The van der Waals surface area contributed by atoms with E-state index in [4.69, 9.17) is 5.73 Å². The van der Waals surface area contributed by atoms with Gasteiger partial charge in [-0.25, -0.2) is 0 Å². The minimum absolute atomic E-state index is 0.238. The Kier molecular flexibility index (Phi) is 3.93. The van der Waals surface area contributed by atoms with E-state index in [-0.39, 0.29) is 11.9 Å². The molecule has 0 saturated heterocycles. The average Bonchev–Trinajstić information content (AvgIpc) is 2.88. The lowest BCUT2D eigenvalue weighted by molar-refractivity contribution is -0.133. The van der Waals surface area contributed by atoms with Crippen LogP contribution in [-0.2, 0) is 4.79 Å². The number of hydrogen-bond donors (Lipinski definition) is 1. The Balaban J connectivity index is 2.44. The Labute approximate surface area is 86.6 Å². The van der Waals surface area contributed by atoms with Crippen molar-refractivity contribution in [3.63, 3.8) is 0 Å². The van der Waals surface area contributed by atoms with Gasteiger partial charge < -0.3 is 10.6 Å². The Morgan fingerprint density at radius 1 is 1.50 bits per heavy atom. The minimum atomic E-state index is 0.238. The van der Waals surface area contributed by atoms with Crippen LogP contribution in [0.2, 0.25) is 0 Å². The van der Waals surface area contributed by atoms with E-state index in [9.17, 15) is 4.79 Å². The second-order valence-corrected chi connectivity index (χ2v) is 4.74. The fourth-order valence-electron chi connectivity index (χ4n) is 1.83. The molecule has 0 radical (unpaired) electrons. The number of nitrogens with zero attached hydrogens (tertiary/aromatic N) is 1. The molecule has 1 saturated carbocycles. The number of rotatable bonds is 5. The zero-order chi connectivity index (χ0) is 10.7. The van der Waals surface area contributed by atoms with Crippen LogP contribution in [0.4, 0.5) is 0 Å². The lowest BCUT2D eigenvalue weighted by Crippen LogP contribution is -2.43. The van der Waals surface area contributed by atoms with Crippen LogP contribution in [0.3, 0.4) is 0 Å². The Morgan fingerprint density at radius 2 is 2.07 bits per heavy atom. The van der Waals surface area contributed by atoms with E-state index in [0.717, 1.165) is 0 Å². The third-order valence-electron chi connectivity index (χ3n) is 2.88. The molecule has 1 unspecified atom stereocenters. The topological polar surface area (TPSA) is 46.3 Å². The molecule has 0 aromatic carbocycles. The second-order valence-electron chi connectivity index (χ2n) is 4.74. The molecule has 1 aliphatic rings. The SMILES string of the molecule is CC(C)CC(=O)N(C)C(CN)C1CC1. The van der Waals surface area contributed by atoms with Gasteiger partial charge in [-0.05, 0) is 24.7 Å². The van der Waals surface area contributed by atoms with Crippen LogP contribution in [0.1, 0.15) is 33.1 Å². The summed E-state index contributed by atoms with van der Waals surface area (Å²) in [6.07, 6.45) is 3.11. The Hall–Kier alpha value is -0.570. The first-order valence-electron chi connectivity index (χ1n) is 5.52. The van der Waals surface area contributed by atoms with Crippen molar-refractivity contribution in [2.45, 2.75) is 39.2 Å². The van der Waals surface area contributed by atoms with E-state index in [2.05, 4.69) is 13.8 Å². The molecule has 82 valence electrons. The van der Waals surface area contributed by atoms with Crippen molar-refractivity contribution >= 4 is 5.91 Å². The van der Waals surface area contributed by atoms with Crippen LogP contribution in [-0.4, -0.2) is 30.4 Å². The molecular formula is C11H22N2O. The van der Waals surface area contributed by atoms with Gasteiger partial charge in [0.25, 0.3) is 0 Å². The minimum Gasteiger partial charge on any atom is -0.341 e. The van der Waals surface area contributed by atoms with E-state index in [1.54, 1.807) is 0 Å². The molecule has 1 amide bonds. The number of amides is 1. The standard InChI is InChI=1S/C11H22N2O/c1-8(2)6-11(14)13(3)10(7-12)9-4-5-9/h8-10H,4-7,12H2,1-3H3. The molecule has 0 spiro atoms. The highest BCUT2D eigenvalue weighted by atomic mass is 16.2. The van der Waals surface area contributed by atoms with E-state index in [0.29, 0.717) is 24.8 Å². The van der Waals surface area contributed by atoms with Crippen molar-refractivity contribution in [2.24, 2.45) is 17.6 Å². The number of hydrogen-bond acceptors (Lipinski definition) is 2. The molecule has 3 nitrogen and oxygen atoms in total. The van der Waals surface area contributed by atoms with E-state index >= 15 is 0 Å². The summed E-state index contributed by atoms with van der Waals surface area (Å²) in [7, 11) is 1.89. The molecule has 0 aliphatic heterocycles.